The third kappa shape index (κ3) is 5.58. The minimum Gasteiger partial charge on any atom is -0.399 e. The molecule has 2 nitrogen and oxygen atoms in total. The smallest absolute Gasteiger partial charge is 0.399 e. The highest BCUT2D eigenvalue weighted by atomic mass is 19.4. The largest absolute Gasteiger partial charge is 0.401 e. The summed E-state index contributed by atoms with van der Waals surface area (Å²) in [5.41, 5.74) is 7.34. The molecule has 1 atom stereocenters. The van der Waals surface area contributed by atoms with E-state index in [-0.39, 0.29) is 5.92 Å². The summed E-state index contributed by atoms with van der Waals surface area (Å²) in [7, 11) is 0. The number of benzene rings is 1. The van der Waals surface area contributed by atoms with Crippen molar-refractivity contribution >= 4 is 5.69 Å². The van der Waals surface area contributed by atoms with Crippen molar-refractivity contribution in [3.05, 3.63) is 29.8 Å². The molecule has 96 valence electrons. The van der Waals surface area contributed by atoms with Crippen molar-refractivity contribution < 1.29 is 13.2 Å². The highest BCUT2D eigenvalue weighted by Crippen LogP contribution is 2.19. The zero-order chi connectivity index (χ0) is 12.9. The fourth-order valence-electron chi connectivity index (χ4n) is 1.54. The molecule has 0 heterocycles. The Morgan fingerprint density at radius 2 is 1.82 bits per heavy atom. The molecule has 0 spiro atoms. The van der Waals surface area contributed by atoms with Gasteiger partial charge in [0.2, 0.25) is 0 Å². The first-order valence-corrected chi connectivity index (χ1v) is 5.51. The summed E-state index contributed by atoms with van der Waals surface area (Å²) >= 11 is 0. The number of hydrogen-bond acceptors (Lipinski definition) is 2. The molecule has 1 aromatic rings. The Hall–Kier alpha value is -1.23. The highest BCUT2D eigenvalue weighted by Gasteiger charge is 2.25. The summed E-state index contributed by atoms with van der Waals surface area (Å²) in [4.78, 5) is 0. The minimum atomic E-state index is -4.13. The van der Waals surface area contributed by atoms with Crippen LogP contribution in [0.4, 0.5) is 18.9 Å². The molecule has 0 amide bonds. The lowest BCUT2D eigenvalue weighted by molar-refractivity contribution is -0.124. The second-order valence-corrected chi connectivity index (χ2v) is 4.15. The Morgan fingerprint density at radius 3 is 2.35 bits per heavy atom. The van der Waals surface area contributed by atoms with Gasteiger partial charge in [-0.3, -0.25) is 0 Å². The average molecular weight is 246 g/mol. The van der Waals surface area contributed by atoms with Crippen molar-refractivity contribution in [3.8, 4) is 0 Å². The molecular formula is C12H17F3N2. The fraction of sp³-hybridized carbons (Fsp3) is 0.500. The van der Waals surface area contributed by atoms with E-state index in [2.05, 4.69) is 5.32 Å². The Labute approximate surface area is 99.0 Å². The van der Waals surface area contributed by atoms with E-state index in [0.29, 0.717) is 18.7 Å². The van der Waals surface area contributed by atoms with E-state index < -0.39 is 12.7 Å². The van der Waals surface area contributed by atoms with E-state index in [9.17, 15) is 13.2 Å². The monoisotopic (exact) mass is 246 g/mol. The molecule has 1 rings (SSSR count). The number of rotatable bonds is 5. The molecule has 5 heteroatoms. The van der Waals surface area contributed by atoms with Gasteiger partial charge in [0.05, 0.1) is 6.54 Å². The lowest BCUT2D eigenvalue weighted by Crippen LogP contribution is -2.29. The number of anilines is 1. The van der Waals surface area contributed by atoms with Gasteiger partial charge in [-0.15, -0.1) is 0 Å². The van der Waals surface area contributed by atoms with E-state index >= 15 is 0 Å². The molecule has 0 fully saturated rings. The van der Waals surface area contributed by atoms with Gasteiger partial charge in [0.1, 0.15) is 0 Å². The number of nitrogen functional groups attached to an aromatic ring is 1. The van der Waals surface area contributed by atoms with Crippen molar-refractivity contribution in [2.75, 3.05) is 18.8 Å². The summed E-state index contributed by atoms with van der Waals surface area (Å²) in [6.45, 7) is 1.41. The van der Waals surface area contributed by atoms with Gasteiger partial charge in [-0.2, -0.15) is 13.2 Å². The van der Waals surface area contributed by atoms with Crippen molar-refractivity contribution in [3.63, 3.8) is 0 Å². The van der Waals surface area contributed by atoms with Crippen LogP contribution in [-0.2, 0) is 0 Å². The van der Waals surface area contributed by atoms with Crippen LogP contribution >= 0.6 is 0 Å². The maximum atomic E-state index is 11.9. The zero-order valence-electron chi connectivity index (χ0n) is 9.72. The Bertz CT molecular complexity index is 333. The zero-order valence-corrected chi connectivity index (χ0v) is 9.72. The third-order valence-corrected chi connectivity index (χ3v) is 2.59. The van der Waals surface area contributed by atoms with Crippen LogP contribution in [0.2, 0.25) is 0 Å². The van der Waals surface area contributed by atoms with Crippen molar-refractivity contribution in [2.45, 2.75) is 25.4 Å². The molecule has 1 unspecified atom stereocenters. The van der Waals surface area contributed by atoms with Gasteiger partial charge in [-0.05, 0) is 36.6 Å². The minimum absolute atomic E-state index is 0.219. The van der Waals surface area contributed by atoms with Crippen molar-refractivity contribution in [2.24, 2.45) is 0 Å². The van der Waals surface area contributed by atoms with Crippen LogP contribution in [0.1, 0.15) is 24.8 Å². The van der Waals surface area contributed by atoms with E-state index in [1.807, 2.05) is 19.1 Å². The van der Waals surface area contributed by atoms with Crippen LogP contribution in [0.5, 0.6) is 0 Å². The van der Waals surface area contributed by atoms with Crippen LogP contribution < -0.4 is 11.1 Å². The Morgan fingerprint density at radius 1 is 1.24 bits per heavy atom. The molecule has 0 aliphatic rings. The van der Waals surface area contributed by atoms with E-state index in [0.717, 1.165) is 5.56 Å². The summed E-state index contributed by atoms with van der Waals surface area (Å²) in [5.74, 6) is 0.219. The lowest BCUT2D eigenvalue weighted by Gasteiger charge is -2.13. The predicted octanol–water partition coefficient (Wildman–Crippen LogP) is 2.91. The maximum Gasteiger partial charge on any atom is 0.401 e. The first kappa shape index (κ1) is 13.8. The van der Waals surface area contributed by atoms with Crippen LogP contribution in [-0.4, -0.2) is 19.3 Å². The van der Waals surface area contributed by atoms with Gasteiger partial charge in [0.15, 0.2) is 0 Å². The number of halogens is 3. The quantitative estimate of drug-likeness (QED) is 0.619. The molecule has 3 N–H and O–H groups in total. The van der Waals surface area contributed by atoms with Gasteiger partial charge in [0, 0.05) is 5.69 Å². The van der Waals surface area contributed by atoms with Gasteiger partial charge in [-0.25, -0.2) is 0 Å². The summed E-state index contributed by atoms with van der Waals surface area (Å²) in [6.07, 6.45) is -3.47. The van der Waals surface area contributed by atoms with Crippen molar-refractivity contribution in [1.29, 1.82) is 0 Å². The summed E-state index contributed by atoms with van der Waals surface area (Å²) in [5, 5.41) is 2.39. The van der Waals surface area contributed by atoms with Crippen LogP contribution in [0, 0.1) is 0 Å². The number of hydrogen-bond donors (Lipinski definition) is 2. The fourth-order valence-corrected chi connectivity index (χ4v) is 1.54. The molecule has 0 aliphatic heterocycles. The molecule has 0 radical (unpaired) electrons. The molecule has 0 aromatic heterocycles. The molecule has 17 heavy (non-hydrogen) atoms. The average Bonchev–Trinajstić information content (AvgIpc) is 2.24. The number of alkyl halides is 3. The standard InChI is InChI=1S/C12H17F3N2/c1-9(6-7-17-8-12(13,14)15)10-2-4-11(16)5-3-10/h2-5,9,17H,6-8,16H2,1H3. The summed E-state index contributed by atoms with van der Waals surface area (Å²) < 4.78 is 35.6. The van der Waals surface area contributed by atoms with Crippen LogP contribution in [0.3, 0.4) is 0 Å². The molecular weight excluding hydrogens is 229 g/mol. The lowest BCUT2D eigenvalue weighted by atomic mass is 9.98. The molecule has 0 saturated carbocycles. The van der Waals surface area contributed by atoms with E-state index in [4.69, 9.17) is 5.73 Å². The molecule has 0 saturated heterocycles. The van der Waals surface area contributed by atoms with Crippen LogP contribution in [0.25, 0.3) is 0 Å². The van der Waals surface area contributed by atoms with Gasteiger partial charge < -0.3 is 11.1 Å². The predicted molar refractivity (Wildman–Crippen MR) is 62.8 cm³/mol. The second kappa shape index (κ2) is 5.91. The highest BCUT2D eigenvalue weighted by molar-refractivity contribution is 5.40. The first-order chi connectivity index (χ1) is 7.88. The second-order valence-electron chi connectivity index (χ2n) is 4.15. The Balaban J connectivity index is 2.30. The summed E-state index contributed by atoms with van der Waals surface area (Å²) in [6, 6.07) is 7.41. The number of nitrogens with one attached hydrogen (secondary N) is 1. The van der Waals surface area contributed by atoms with Crippen LogP contribution in [0.15, 0.2) is 24.3 Å². The maximum absolute atomic E-state index is 11.9. The first-order valence-electron chi connectivity index (χ1n) is 5.51. The molecule has 0 bridgehead atoms. The topological polar surface area (TPSA) is 38.0 Å². The third-order valence-electron chi connectivity index (χ3n) is 2.59. The van der Waals surface area contributed by atoms with Gasteiger partial charge in [-0.1, -0.05) is 19.1 Å². The van der Waals surface area contributed by atoms with Crippen molar-refractivity contribution in [1.82, 2.24) is 5.32 Å². The van der Waals surface area contributed by atoms with E-state index in [1.165, 1.54) is 0 Å². The number of nitrogens with two attached hydrogens (primary N) is 1. The SMILES string of the molecule is CC(CCNCC(F)(F)F)c1ccc(N)cc1. The van der Waals surface area contributed by atoms with E-state index in [1.54, 1.807) is 12.1 Å². The molecule has 0 aliphatic carbocycles. The molecule has 1 aromatic carbocycles. The van der Waals surface area contributed by atoms with Gasteiger partial charge in [0.25, 0.3) is 0 Å². The Kier molecular flexibility index (Phi) is 4.81. The normalized spacial score (nSPS) is 13.6. The van der Waals surface area contributed by atoms with Gasteiger partial charge >= 0.3 is 6.18 Å².